The lowest BCUT2D eigenvalue weighted by Gasteiger charge is -2.13. The van der Waals surface area contributed by atoms with Gasteiger partial charge in [0.1, 0.15) is 9.84 Å². The molecule has 2 rings (SSSR count). The number of benzene rings is 1. The molecule has 1 atom stereocenters. The molecule has 1 unspecified atom stereocenters. The molecule has 0 aliphatic carbocycles. The summed E-state index contributed by atoms with van der Waals surface area (Å²) in [7, 11) is -3.23. The van der Waals surface area contributed by atoms with Gasteiger partial charge in [0.15, 0.2) is 4.77 Å². The second kappa shape index (κ2) is 5.13. The van der Waals surface area contributed by atoms with E-state index in [0.29, 0.717) is 5.52 Å². The zero-order chi connectivity index (χ0) is 16.0. The minimum absolute atomic E-state index is 0.144. The largest absolute Gasteiger partial charge is 0.416 e. The summed E-state index contributed by atoms with van der Waals surface area (Å²) in [6.45, 7) is 1.65. The number of aromatic nitrogens is 2. The van der Waals surface area contributed by atoms with Gasteiger partial charge in [-0.3, -0.25) is 0 Å². The van der Waals surface area contributed by atoms with Crippen molar-refractivity contribution in [1.82, 2.24) is 9.55 Å². The van der Waals surface area contributed by atoms with E-state index in [2.05, 4.69) is 4.98 Å². The maximum Gasteiger partial charge on any atom is 0.416 e. The Labute approximate surface area is 124 Å². The number of imidazole rings is 1. The molecule has 1 aromatic carbocycles. The Morgan fingerprint density at radius 1 is 1.38 bits per heavy atom. The lowest BCUT2D eigenvalue weighted by Crippen LogP contribution is -2.16. The van der Waals surface area contributed by atoms with Gasteiger partial charge in [-0.25, -0.2) is 8.42 Å². The molecule has 1 heterocycles. The quantitative estimate of drug-likeness (QED) is 0.874. The predicted octanol–water partition coefficient (Wildman–Crippen LogP) is 3.32. The number of rotatable bonds is 3. The Kier molecular flexibility index (Phi) is 3.92. The van der Waals surface area contributed by atoms with Crippen LogP contribution in [0.3, 0.4) is 0 Å². The second-order valence-corrected chi connectivity index (χ2v) is 7.54. The van der Waals surface area contributed by atoms with Gasteiger partial charge in [0, 0.05) is 12.3 Å². The molecule has 116 valence electrons. The molecule has 0 spiro atoms. The molecule has 0 amide bonds. The summed E-state index contributed by atoms with van der Waals surface area (Å²) >= 11 is 5.09. The number of nitrogens with one attached hydrogen (secondary N) is 1. The maximum atomic E-state index is 12.7. The highest BCUT2D eigenvalue weighted by atomic mass is 32.2. The Morgan fingerprint density at radius 3 is 2.52 bits per heavy atom. The minimum Gasteiger partial charge on any atom is -0.331 e. The predicted molar refractivity (Wildman–Crippen MR) is 76.5 cm³/mol. The van der Waals surface area contributed by atoms with Crippen LogP contribution in [0.1, 0.15) is 18.5 Å². The number of halogens is 3. The van der Waals surface area contributed by atoms with E-state index in [0.717, 1.165) is 18.4 Å². The highest BCUT2D eigenvalue weighted by Gasteiger charge is 2.31. The lowest BCUT2D eigenvalue weighted by atomic mass is 10.2. The van der Waals surface area contributed by atoms with Crippen LogP contribution in [0, 0.1) is 4.77 Å². The van der Waals surface area contributed by atoms with Crippen LogP contribution >= 0.6 is 12.2 Å². The second-order valence-electron chi connectivity index (χ2n) is 4.97. The number of alkyl halides is 3. The molecule has 1 N–H and O–H groups in total. The molecule has 2 aromatic rings. The van der Waals surface area contributed by atoms with E-state index in [-0.39, 0.29) is 16.0 Å². The Morgan fingerprint density at radius 2 is 2.00 bits per heavy atom. The third-order valence-corrected chi connectivity index (χ3v) is 4.42. The zero-order valence-electron chi connectivity index (χ0n) is 11.2. The third kappa shape index (κ3) is 3.46. The number of fused-ring (bicyclic) bond motifs is 1. The highest BCUT2D eigenvalue weighted by Crippen LogP contribution is 2.31. The standard InChI is InChI=1S/C12H13F3N2O2S2/c1-7(6-21(2,18)19)17-10-4-3-8(12(13,14)15)5-9(10)16-11(17)20/h3-5,7H,6H2,1-2H3,(H,16,20). The summed E-state index contributed by atoms with van der Waals surface area (Å²) in [5.74, 6) is -0.144. The van der Waals surface area contributed by atoms with Gasteiger partial charge in [0.2, 0.25) is 0 Å². The number of aromatic amines is 1. The summed E-state index contributed by atoms with van der Waals surface area (Å²) in [6.07, 6.45) is -3.34. The SMILES string of the molecule is CC(CS(C)(=O)=O)n1c(=S)[nH]c2cc(C(F)(F)F)ccc21. The van der Waals surface area contributed by atoms with Crippen molar-refractivity contribution in [3.63, 3.8) is 0 Å². The van der Waals surface area contributed by atoms with Crippen LogP contribution in [-0.2, 0) is 16.0 Å². The van der Waals surface area contributed by atoms with Gasteiger partial charge in [-0.1, -0.05) is 0 Å². The molecule has 0 radical (unpaired) electrons. The number of sulfone groups is 1. The Hall–Kier alpha value is -1.35. The fourth-order valence-corrected chi connectivity index (χ4v) is 3.67. The fourth-order valence-electron chi connectivity index (χ4n) is 2.26. The van der Waals surface area contributed by atoms with Crippen molar-refractivity contribution in [3.8, 4) is 0 Å². The van der Waals surface area contributed by atoms with Crippen LogP contribution in [0.5, 0.6) is 0 Å². The van der Waals surface area contributed by atoms with Gasteiger partial charge in [0.25, 0.3) is 0 Å². The summed E-state index contributed by atoms with van der Waals surface area (Å²) in [4.78, 5) is 2.69. The highest BCUT2D eigenvalue weighted by molar-refractivity contribution is 7.90. The molecule has 0 aliphatic rings. The normalized spacial score (nSPS) is 14.5. The summed E-state index contributed by atoms with van der Waals surface area (Å²) in [6, 6.07) is 2.74. The first-order chi connectivity index (χ1) is 9.49. The smallest absolute Gasteiger partial charge is 0.331 e. The first-order valence-corrected chi connectivity index (χ1v) is 8.45. The number of nitrogens with zero attached hydrogens (tertiary/aromatic N) is 1. The first-order valence-electron chi connectivity index (χ1n) is 5.98. The van der Waals surface area contributed by atoms with Gasteiger partial charge < -0.3 is 9.55 Å². The van der Waals surface area contributed by atoms with Crippen molar-refractivity contribution >= 4 is 33.1 Å². The van der Waals surface area contributed by atoms with Crippen molar-refractivity contribution in [2.45, 2.75) is 19.1 Å². The Bertz CT molecular complexity index is 834. The van der Waals surface area contributed by atoms with Crippen LogP contribution in [0.2, 0.25) is 0 Å². The van der Waals surface area contributed by atoms with Crippen LogP contribution in [0.15, 0.2) is 18.2 Å². The Balaban J connectivity index is 2.57. The van der Waals surface area contributed by atoms with Crippen LogP contribution in [-0.4, -0.2) is 30.0 Å². The van der Waals surface area contributed by atoms with Gasteiger partial charge >= 0.3 is 6.18 Å². The summed E-state index contributed by atoms with van der Waals surface area (Å²) in [5, 5.41) is 0. The fraction of sp³-hybridized carbons (Fsp3) is 0.417. The van der Waals surface area contributed by atoms with Crippen molar-refractivity contribution in [1.29, 1.82) is 0 Å². The molecule has 1 aromatic heterocycles. The van der Waals surface area contributed by atoms with Crippen LogP contribution in [0.4, 0.5) is 13.2 Å². The van der Waals surface area contributed by atoms with E-state index in [4.69, 9.17) is 12.2 Å². The monoisotopic (exact) mass is 338 g/mol. The molecule has 0 aliphatic heterocycles. The number of hydrogen-bond donors (Lipinski definition) is 1. The lowest BCUT2D eigenvalue weighted by molar-refractivity contribution is -0.137. The molecule has 0 bridgehead atoms. The molecular formula is C12H13F3N2O2S2. The average Bonchev–Trinajstić information content (AvgIpc) is 2.59. The first kappa shape index (κ1) is 16.0. The van der Waals surface area contributed by atoms with E-state index in [1.807, 2.05) is 0 Å². The molecule has 0 fully saturated rings. The molecular weight excluding hydrogens is 325 g/mol. The number of hydrogen-bond acceptors (Lipinski definition) is 3. The minimum atomic E-state index is -4.44. The summed E-state index contributed by atoms with van der Waals surface area (Å²) in [5.41, 5.74) is -0.103. The van der Waals surface area contributed by atoms with E-state index in [1.54, 1.807) is 6.92 Å². The third-order valence-electron chi connectivity index (χ3n) is 3.03. The van der Waals surface area contributed by atoms with Gasteiger partial charge in [0.05, 0.1) is 22.3 Å². The van der Waals surface area contributed by atoms with Crippen molar-refractivity contribution in [3.05, 3.63) is 28.5 Å². The summed E-state index contributed by atoms with van der Waals surface area (Å²) < 4.78 is 62.5. The van der Waals surface area contributed by atoms with Gasteiger partial charge in [-0.15, -0.1) is 0 Å². The molecule has 21 heavy (non-hydrogen) atoms. The maximum absolute atomic E-state index is 12.7. The number of H-pyrrole nitrogens is 1. The molecule has 4 nitrogen and oxygen atoms in total. The van der Waals surface area contributed by atoms with Crippen molar-refractivity contribution in [2.24, 2.45) is 0 Å². The van der Waals surface area contributed by atoms with E-state index >= 15 is 0 Å². The van der Waals surface area contributed by atoms with Gasteiger partial charge in [-0.2, -0.15) is 13.2 Å². The molecule has 0 saturated heterocycles. The molecule has 9 heteroatoms. The van der Waals surface area contributed by atoms with E-state index in [1.165, 1.54) is 10.6 Å². The molecule has 0 saturated carbocycles. The van der Waals surface area contributed by atoms with Crippen molar-refractivity contribution < 1.29 is 21.6 Å². The zero-order valence-corrected chi connectivity index (χ0v) is 12.9. The average molecular weight is 338 g/mol. The van der Waals surface area contributed by atoms with Crippen LogP contribution in [0.25, 0.3) is 11.0 Å². The topological polar surface area (TPSA) is 54.9 Å². The van der Waals surface area contributed by atoms with Gasteiger partial charge in [-0.05, 0) is 37.3 Å². The van der Waals surface area contributed by atoms with Crippen LogP contribution < -0.4 is 0 Å². The van der Waals surface area contributed by atoms with Crippen molar-refractivity contribution in [2.75, 3.05) is 12.0 Å². The van der Waals surface area contributed by atoms with E-state index < -0.39 is 27.6 Å². The van der Waals surface area contributed by atoms with E-state index in [9.17, 15) is 21.6 Å².